The highest BCUT2D eigenvalue weighted by Gasteiger charge is 2.35. The predicted octanol–water partition coefficient (Wildman–Crippen LogP) is 2.96. The molecule has 7 nitrogen and oxygen atoms in total. The topological polar surface area (TPSA) is 88.9 Å². The minimum absolute atomic E-state index is 0.0752. The van der Waals surface area contributed by atoms with E-state index in [9.17, 15) is 14.4 Å². The molecule has 3 aromatic rings. The minimum atomic E-state index is -0.578. The molecule has 2 amide bonds. The molecule has 0 spiro atoms. The first kappa shape index (κ1) is 18.7. The Hall–Kier alpha value is -3.61. The van der Waals surface area contributed by atoms with Gasteiger partial charge in [-0.15, -0.1) is 0 Å². The van der Waals surface area contributed by atoms with Crippen molar-refractivity contribution in [3.8, 4) is 0 Å². The Bertz CT molecular complexity index is 1040. The predicted molar refractivity (Wildman–Crippen MR) is 106 cm³/mol. The van der Waals surface area contributed by atoms with Crippen molar-refractivity contribution in [1.82, 2.24) is 4.90 Å². The van der Waals surface area contributed by atoms with Crippen LogP contribution in [0.3, 0.4) is 0 Å². The third kappa shape index (κ3) is 4.45. The van der Waals surface area contributed by atoms with Crippen molar-refractivity contribution in [2.75, 3.05) is 18.5 Å². The van der Waals surface area contributed by atoms with Gasteiger partial charge < -0.3 is 19.4 Å². The van der Waals surface area contributed by atoms with Crippen LogP contribution in [-0.2, 0) is 25.7 Å². The maximum atomic E-state index is 12.3. The minimum Gasteiger partial charge on any atom is -0.467 e. The molecule has 1 aliphatic rings. The van der Waals surface area contributed by atoms with Gasteiger partial charge in [-0.25, -0.2) is 0 Å². The fourth-order valence-corrected chi connectivity index (χ4v) is 3.39. The third-order valence-corrected chi connectivity index (χ3v) is 4.85. The number of carbonyl (C=O) groups is 3. The van der Waals surface area contributed by atoms with Gasteiger partial charge in [-0.2, -0.15) is 0 Å². The van der Waals surface area contributed by atoms with Gasteiger partial charge >= 0.3 is 5.97 Å². The number of furan rings is 1. The monoisotopic (exact) mass is 392 g/mol. The number of hydrogen-bond acceptors (Lipinski definition) is 5. The van der Waals surface area contributed by atoms with E-state index in [0.717, 1.165) is 10.8 Å². The molecule has 1 saturated heterocycles. The molecule has 148 valence electrons. The molecule has 1 atom stereocenters. The van der Waals surface area contributed by atoms with Crippen molar-refractivity contribution < 1.29 is 23.5 Å². The van der Waals surface area contributed by atoms with Crippen LogP contribution in [0, 0.1) is 5.92 Å². The number of ether oxygens (including phenoxy) is 1. The molecule has 0 radical (unpaired) electrons. The number of nitrogens with zero attached hydrogens (tertiary/aromatic N) is 1. The summed E-state index contributed by atoms with van der Waals surface area (Å²) >= 11 is 0. The smallest absolute Gasteiger partial charge is 0.311 e. The lowest BCUT2D eigenvalue weighted by molar-refractivity contribution is -0.151. The molecule has 7 heteroatoms. The number of nitrogens with one attached hydrogen (secondary N) is 1. The Kier molecular flexibility index (Phi) is 5.29. The highest BCUT2D eigenvalue weighted by Crippen LogP contribution is 2.22. The summed E-state index contributed by atoms with van der Waals surface area (Å²) in [5.41, 5.74) is 0.630. The Labute approximate surface area is 167 Å². The SMILES string of the molecule is O=C(COC(=O)[C@H]1CC(=O)N(Cc2ccco2)C1)Nc1ccc2ccccc2c1. The number of carbonyl (C=O) groups excluding carboxylic acids is 3. The Morgan fingerprint density at radius 1 is 1.10 bits per heavy atom. The van der Waals surface area contributed by atoms with Crippen LogP contribution in [0.5, 0.6) is 0 Å². The number of esters is 1. The average Bonchev–Trinajstić information content (AvgIpc) is 3.36. The fourth-order valence-electron chi connectivity index (χ4n) is 3.39. The summed E-state index contributed by atoms with van der Waals surface area (Å²) in [5, 5.41) is 4.80. The number of fused-ring (bicyclic) bond motifs is 1. The van der Waals surface area contributed by atoms with Gasteiger partial charge in [0, 0.05) is 18.7 Å². The molecule has 0 aliphatic carbocycles. The number of rotatable bonds is 6. The van der Waals surface area contributed by atoms with Crippen molar-refractivity contribution in [2.45, 2.75) is 13.0 Å². The highest BCUT2D eigenvalue weighted by atomic mass is 16.5. The van der Waals surface area contributed by atoms with Crippen LogP contribution in [0.2, 0.25) is 0 Å². The summed E-state index contributed by atoms with van der Waals surface area (Å²) in [6, 6.07) is 16.9. The average molecular weight is 392 g/mol. The lowest BCUT2D eigenvalue weighted by Crippen LogP contribution is -2.28. The van der Waals surface area contributed by atoms with Crippen molar-refractivity contribution in [3.05, 3.63) is 66.6 Å². The van der Waals surface area contributed by atoms with E-state index in [1.165, 1.54) is 6.26 Å². The maximum absolute atomic E-state index is 12.3. The number of likely N-dealkylation sites (tertiary alicyclic amines) is 1. The first-order valence-corrected chi connectivity index (χ1v) is 9.34. The molecule has 2 heterocycles. The van der Waals surface area contributed by atoms with Gasteiger partial charge in [0.05, 0.1) is 18.7 Å². The number of hydrogen-bond donors (Lipinski definition) is 1. The van der Waals surface area contributed by atoms with Crippen LogP contribution < -0.4 is 5.32 Å². The second-order valence-electron chi connectivity index (χ2n) is 6.97. The summed E-state index contributed by atoms with van der Waals surface area (Å²) in [4.78, 5) is 38.1. The first-order valence-electron chi connectivity index (χ1n) is 9.34. The third-order valence-electron chi connectivity index (χ3n) is 4.85. The van der Waals surface area contributed by atoms with Crippen LogP contribution >= 0.6 is 0 Å². The quantitative estimate of drug-likeness (QED) is 0.652. The van der Waals surface area contributed by atoms with Crippen LogP contribution in [0.15, 0.2) is 65.3 Å². The van der Waals surface area contributed by atoms with Gasteiger partial charge in [0.15, 0.2) is 6.61 Å². The van der Waals surface area contributed by atoms with Gasteiger partial charge in [-0.3, -0.25) is 14.4 Å². The Morgan fingerprint density at radius 2 is 1.93 bits per heavy atom. The van der Waals surface area contributed by atoms with Crippen LogP contribution in [0.1, 0.15) is 12.2 Å². The molecule has 1 N–H and O–H groups in total. The standard InChI is InChI=1S/C22H20N2O5/c25-20(23-18-8-7-15-4-1-2-5-16(15)10-18)14-29-22(27)17-11-21(26)24(12-17)13-19-6-3-9-28-19/h1-10,17H,11-14H2,(H,23,25)/t17-/m0/s1. The molecule has 0 saturated carbocycles. The van der Waals surface area contributed by atoms with Crippen molar-refractivity contribution in [2.24, 2.45) is 5.92 Å². The van der Waals surface area contributed by atoms with Gasteiger partial charge in [0.2, 0.25) is 5.91 Å². The van der Waals surface area contributed by atoms with Crippen molar-refractivity contribution in [3.63, 3.8) is 0 Å². The summed E-state index contributed by atoms with van der Waals surface area (Å²) in [5.74, 6) is -1.03. The summed E-state index contributed by atoms with van der Waals surface area (Å²) in [6.07, 6.45) is 1.61. The Morgan fingerprint density at radius 3 is 2.72 bits per heavy atom. The molecular formula is C22H20N2O5. The van der Waals surface area contributed by atoms with Gasteiger partial charge in [-0.05, 0) is 35.0 Å². The van der Waals surface area contributed by atoms with E-state index in [2.05, 4.69) is 5.32 Å². The zero-order valence-electron chi connectivity index (χ0n) is 15.7. The highest BCUT2D eigenvalue weighted by molar-refractivity contribution is 5.96. The van der Waals surface area contributed by atoms with E-state index < -0.39 is 24.4 Å². The molecule has 4 rings (SSSR count). The summed E-state index contributed by atoms with van der Waals surface area (Å²) < 4.78 is 10.4. The van der Waals surface area contributed by atoms with Crippen molar-refractivity contribution in [1.29, 1.82) is 0 Å². The number of amides is 2. The largest absolute Gasteiger partial charge is 0.467 e. The molecule has 1 aromatic heterocycles. The molecule has 1 aliphatic heterocycles. The second kappa shape index (κ2) is 8.18. The zero-order valence-corrected chi connectivity index (χ0v) is 15.7. The molecule has 2 aromatic carbocycles. The van der Waals surface area contributed by atoms with E-state index in [0.29, 0.717) is 18.0 Å². The molecule has 1 fully saturated rings. The van der Waals surface area contributed by atoms with E-state index in [-0.39, 0.29) is 18.9 Å². The normalized spacial score (nSPS) is 16.2. The van der Waals surface area contributed by atoms with Crippen LogP contribution in [0.4, 0.5) is 5.69 Å². The Balaban J connectivity index is 1.27. The van der Waals surface area contributed by atoms with E-state index in [4.69, 9.17) is 9.15 Å². The molecule has 0 unspecified atom stereocenters. The zero-order chi connectivity index (χ0) is 20.2. The number of benzene rings is 2. The van der Waals surface area contributed by atoms with E-state index >= 15 is 0 Å². The first-order chi connectivity index (χ1) is 14.1. The van der Waals surface area contributed by atoms with Crippen molar-refractivity contribution >= 4 is 34.2 Å². The van der Waals surface area contributed by atoms with E-state index in [1.807, 2.05) is 36.4 Å². The number of anilines is 1. The summed E-state index contributed by atoms with van der Waals surface area (Å²) in [6.45, 7) is 0.178. The van der Waals surface area contributed by atoms with Gasteiger partial charge in [0.1, 0.15) is 5.76 Å². The fraction of sp³-hybridized carbons (Fsp3) is 0.227. The lowest BCUT2D eigenvalue weighted by atomic mass is 10.1. The maximum Gasteiger partial charge on any atom is 0.311 e. The van der Waals surface area contributed by atoms with E-state index in [1.54, 1.807) is 23.1 Å². The molecular weight excluding hydrogens is 372 g/mol. The van der Waals surface area contributed by atoms with Gasteiger partial charge in [-0.1, -0.05) is 30.3 Å². The van der Waals surface area contributed by atoms with Crippen LogP contribution in [-0.4, -0.2) is 35.8 Å². The van der Waals surface area contributed by atoms with Gasteiger partial charge in [0.25, 0.3) is 5.91 Å². The summed E-state index contributed by atoms with van der Waals surface area (Å²) in [7, 11) is 0. The lowest BCUT2D eigenvalue weighted by Gasteiger charge is -2.14. The van der Waals surface area contributed by atoms with Crippen LogP contribution in [0.25, 0.3) is 10.8 Å². The molecule has 29 heavy (non-hydrogen) atoms. The second-order valence-corrected chi connectivity index (χ2v) is 6.97. The molecule has 0 bridgehead atoms.